The van der Waals surface area contributed by atoms with Crippen LogP contribution in [0.3, 0.4) is 0 Å². The van der Waals surface area contributed by atoms with Gasteiger partial charge in [-0.1, -0.05) is 13.8 Å². The van der Waals surface area contributed by atoms with Gasteiger partial charge in [-0.05, 0) is 18.8 Å². The molecular weight excluding hydrogens is 176 g/mol. The van der Waals surface area contributed by atoms with E-state index in [1.807, 2.05) is 0 Å². The van der Waals surface area contributed by atoms with Crippen molar-refractivity contribution >= 4 is 0 Å². The van der Waals surface area contributed by atoms with Crippen LogP contribution in [0.1, 0.15) is 44.4 Å². The van der Waals surface area contributed by atoms with Crippen molar-refractivity contribution in [1.82, 2.24) is 14.8 Å². The highest BCUT2D eigenvalue weighted by atomic mass is 15.3. The first-order chi connectivity index (χ1) is 6.70. The summed E-state index contributed by atoms with van der Waals surface area (Å²) in [5, 5.41) is 8.40. The van der Waals surface area contributed by atoms with Crippen LogP contribution in [0.25, 0.3) is 0 Å². The van der Waals surface area contributed by atoms with Crippen LogP contribution in [0.2, 0.25) is 0 Å². The normalized spacial score (nSPS) is 18.3. The first kappa shape index (κ1) is 9.65. The van der Waals surface area contributed by atoms with Crippen LogP contribution in [0.15, 0.2) is 0 Å². The number of nitrogens with two attached hydrogens (primary N) is 1. The summed E-state index contributed by atoms with van der Waals surface area (Å²) in [5.74, 6) is 2.50. The molecule has 1 aliphatic heterocycles. The van der Waals surface area contributed by atoms with Crippen LogP contribution in [0, 0.1) is 5.92 Å². The topological polar surface area (TPSA) is 56.7 Å². The molecule has 0 radical (unpaired) electrons. The molecule has 78 valence electrons. The summed E-state index contributed by atoms with van der Waals surface area (Å²) in [6.45, 7) is 5.28. The van der Waals surface area contributed by atoms with Crippen molar-refractivity contribution < 1.29 is 0 Å². The average molecular weight is 194 g/mol. The van der Waals surface area contributed by atoms with Crippen molar-refractivity contribution in [3.8, 4) is 0 Å². The highest BCUT2D eigenvalue weighted by molar-refractivity contribution is 5.03. The Morgan fingerprint density at radius 2 is 2.07 bits per heavy atom. The van der Waals surface area contributed by atoms with E-state index in [4.69, 9.17) is 5.73 Å². The highest BCUT2D eigenvalue weighted by Crippen LogP contribution is 2.21. The molecule has 0 amide bonds. The molecule has 4 heteroatoms. The molecule has 14 heavy (non-hydrogen) atoms. The number of fused-ring (bicyclic) bond motifs is 1. The van der Waals surface area contributed by atoms with Crippen molar-refractivity contribution in [1.29, 1.82) is 0 Å². The molecule has 2 rings (SSSR count). The van der Waals surface area contributed by atoms with E-state index in [1.54, 1.807) is 0 Å². The Labute approximate surface area is 84.5 Å². The summed E-state index contributed by atoms with van der Waals surface area (Å²) >= 11 is 0. The third-order valence-corrected chi connectivity index (χ3v) is 2.90. The van der Waals surface area contributed by atoms with Crippen LogP contribution in [0.4, 0.5) is 0 Å². The molecule has 0 bridgehead atoms. The third kappa shape index (κ3) is 1.54. The minimum atomic E-state index is 0.0225. The second kappa shape index (κ2) is 3.69. The van der Waals surface area contributed by atoms with Gasteiger partial charge < -0.3 is 10.3 Å². The van der Waals surface area contributed by atoms with Gasteiger partial charge in [0, 0.05) is 13.0 Å². The highest BCUT2D eigenvalue weighted by Gasteiger charge is 2.21. The molecule has 0 spiro atoms. The molecule has 1 unspecified atom stereocenters. The zero-order valence-corrected chi connectivity index (χ0v) is 8.90. The number of aromatic nitrogens is 3. The molecular formula is C10H18N4. The van der Waals surface area contributed by atoms with Gasteiger partial charge in [0.2, 0.25) is 0 Å². The lowest BCUT2D eigenvalue weighted by Crippen LogP contribution is -2.23. The van der Waals surface area contributed by atoms with Crippen LogP contribution in [-0.2, 0) is 13.0 Å². The third-order valence-electron chi connectivity index (χ3n) is 2.90. The van der Waals surface area contributed by atoms with Crippen molar-refractivity contribution in [3.63, 3.8) is 0 Å². The number of aryl methyl sites for hydroxylation is 1. The predicted molar refractivity (Wildman–Crippen MR) is 54.7 cm³/mol. The van der Waals surface area contributed by atoms with Gasteiger partial charge in [-0.3, -0.25) is 0 Å². The van der Waals surface area contributed by atoms with Gasteiger partial charge in [0.15, 0.2) is 0 Å². The van der Waals surface area contributed by atoms with Gasteiger partial charge in [0.1, 0.15) is 11.6 Å². The molecule has 0 fully saturated rings. The molecule has 4 nitrogen and oxygen atoms in total. The average Bonchev–Trinajstić information content (AvgIpc) is 2.60. The zero-order valence-electron chi connectivity index (χ0n) is 8.90. The summed E-state index contributed by atoms with van der Waals surface area (Å²) < 4.78 is 2.20. The molecule has 0 aliphatic carbocycles. The molecule has 1 aromatic heterocycles. The number of hydrogen-bond acceptors (Lipinski definition) is 3. The lowest BCUT2D eigenvalue weighted by atomic mass is 10.0. The van der Waals surface area contributed by atoms with Crippen LogP contribution in [0.5, 0.6) is 0 Å². The van der Waals surface area contributed by atoms with Gasteiger partial charge in [0.05, 0.1) is 6.04 Å². The Kier molecular flexibility index (Phi) is 2.54. The first-order valence-corrected chi connectivity index (χ1v) is 5.37. The van der Waals surface area contributed by atoms with Crippen molar-refractivity contribution in [3.05, 3.63) is 11.6 Å². The van der Waals surface area contributed by atoms with E-state index >= 15 is 0 Å². The maximum Gasteiger partial charge on any atom is 0.150 e. The fraction of sp³-hybridized carbons (Fsp3) is 0.800. The standard InChI is InChI=1S/C10H18N4/c1-7(2)9(11)10-13-12-8-5-3-4-6-14(8)10/h7,9H,3-6,11H2,1-2H3. The summed E-state index contributed by atoms with van der Waals surface area (Å²) in [5.41, 5.74) is 6.08. The second-order valence-corrected chi connectivity index (χ2v) is 4.35. The van der Waals surface area contributed by atoms with E-state index in [0.29, 0.717) is 5.92 Å². The minimum Gasteiger partial charge on any atom is -0.321 e. The van der Waals surface area contributed by atoms with E-state index in [0.717, 1.165) is 24.6 Å². The molecule has 0 saturated heterocycles. The van der Waals surface area contributed by atoms with Gasteiger partial charge in [0.25, 0.3) is 0 Å². The monoisotopic (exact) mass is 194 g/mol. The number of nitrogens with zero attached hydrogens (tertiary/aromatic N) is 3. The van der Waals surface area contributed by atoms with Crippen molar-refractivity contribution in [2.24, 2.45) is 11.7 Å². The lowest BCUT2D eigenvalue weighted by molar-refractivity contribution is 0.439. The van der Waals surface area contributed by atoms with Gasteiger partial charge >= 0.3 is 0 Å². The smallest absolute Gasteiger partial charge is 0.150 e. The van der Waals surface area contributed by atoms with Crippen LogP contribution < -0.4 is 5.73 Å². The summed E-state index contributed by atoms with van der Waals surface area (Å²) in [6, 6.07) is 0.0225. The summed E-state index contributed by atoms with van der Waals surface area (Å²) in [4.78, 5) is 0. The van der Waals surface area contributed by atoms with Crippen LogP contribution >= 0.6 is 0 Å². The Bertz CT molecular complexity index is 316. The Morgan fingerprint density at radius 1 is 1.29 bits per heavy atom. The molecule has 1 aromatic rings. The molecule has 2 N–H and O–H groups in total. The first-order valence-electron chi connectivity index (χ1n) is 5.37. The van der Waals surface area contributed by atoms with E-state index in [1.165, 1.54) is 12.8 Å². The molecule has 1 aliphatic rings. The zero-order chi connectivity index (χ0) is 10.1. The van der Waals surface area contributed by atoms with Crippen molar-refractivity contribution in [2.45, 2.75) is 45.7 Å². The van der Waals surface area contributed by atoms with E-state index in [9.17, 15) is 0 Å². The Hall–Kier alpha value is -0.900. The molecule has 1 atom stereocenters. The maximum atomic E-state index is 6.08. The fourth-order valence-electron chi connectivity index (χ4n) is 1.88. The van der Waals surface area contributed by atoms with Gasteiger partial charge in [-0.2, -0.15) is 0 Å². The van der Waals surface area contributed by atoms with Crippen molar-refractivity contribution in [2.75, 3.05) is 0 Å². The summed E-state index contributed by atoms with van der Waals surface area (Å²) in [6.07, 6.45) is 3.51. The minimum absolute atomic E-state index is 0.0225. The Balaban J connectivity index is 2.30. The maximum absolute atomic E-state index is 6.08. The second-order valence-electron chi connectivity index (χ2n) is 4.35. The summed E-state index contributed by atoms with van der Waals surface area (Å²) in [7, 11) is 0. The largest absolute Gasteiger partial charge is 0.321 e. The Morgan fingerprint density at radius 3 is 2.79 bits per heavy atom. The lowest BCUT2D eigenvalue weighted by Gasteiger charge is -2.19. The van der Waals surface area contributed by atoms with E-state index < -0.39 is 0 Å². The SMILES string of the molecule is CC(C)C(N)c1nnc2n1CCCC2. The van der Waals surface area contributed by atoms with Gasteiger partial charge in [-0.25, -0.2) is 0 Å². The molecule has 0 saturated carbocycles. The predicted octanol–water partition coefficient (Wildman–Crippen LogP) is 1.27. The van der Waals surface area contributed by atoms with E-state index in [-0.39, 0.29) is 6.04 Å². The quantitative estimate of drug-likeness (QED) is 0.771. The molecule has 0 aromatic carbocycles. The fourth-order valence-corrected chi connectivity index (χ4v) is 1.88. The van der Waals surface area contributed by atoms with Gasteiger partial charge in [-0.15, -0.1) is 10.2 Å². The number of rotatable bonds is 2. The number of hydrogen-bond donors (Lipinski definition) is 1. The van der Waals surface area contributed by atoms with Crippen LogP contribution in [-0.4, -0.2) is 14.8 Å². The van der Waals surface area contributed by atoms with E-state index in [2.05, 4.69) is 28.6 Å². The molecule has 2 heterocycles.